The Hall–Kier alpha value is -1.27. The van der Waals surface area contributed by atoms with Crippen LogP contribution in [0, 0.1) is 6.92 Å². The Morgan fingerprint density at radius 3 is 2.59 bits per heavy atom. The molecule has 3 N–H and O–H groups in total. The lowest BCUT2D eigenvalue weighted by Crippen LogP contribution is -2.41. The van der Waals surface area contributed by atoms with Gasteiger partial charge in [-0.25, -0.2) is 9.69 Å². The van der Waals surface area contributed by atoms with E-state index < -0.39 is 0 Å². The zero-order valence-corrected chi connectivity index (χ0v) is 10.7. The molecule has 2 heterocycles. The quantitative estimate of drug-likeness (QED) is 0.824. The largest absolute Gasteiger partial charge is 0.394 e. The van der Waals surface area contributed by atoms with Crippen LogP contribution in [0.4, 0.5) is 11.5 Å². The fourth-order valence-electron chi connectivity index (χ4n) is 1.87. The summed E-state index contributed by atoms with van der Waals surface area (Å²) in [6.45, 7) is 9.35. The summed E-state index contributed by atoms with van der Waals surface area (Å²) >= 11 is 0. The number of nitrogen functional groups attached to an aromatic ring is 1. The maximum atomic E-state index is 6.05. The van der Waals surface area contributed by atoms with Gasteiger partial charge in [-0.15, -0.1) is 0 Å². The van der Waals surface area contributed by atoms with Crippen LogP contribution in [-0.2, 0) is 4.74 Å². The number of hydrogen-bond donors (Lipinski definition) is 2. The second-order valence-electron chi connectivity index (χ2n) is 4.60. The van der Waals surface area contributed by atoms with E-state index >= 15 is 0 Å². The van der Waals surface area contributed by atoms with Crippen molar-refractivity contribution in [3.63, 3.8) is 0 Å². The highest BCUT2D eigenvalue weighted by atomic mass is 16.5. The molecule has 1 aromatic rings. The van der Waals surface area contributed by atoms with E-state index in [2.05, 4.69) is 29.4 Å². The molecule has 0 spiro atoms. The molecule has 17 heavy (non-hydrogen) atoms. The van der Waals surface area contributed by atoms with Crippen molar-refractivity contribution in [2.24, 2.45) is 0 Å². The van der Waals surface area contributed by atoms with Gasteiger partial charge in [-0.3, -0.25) is 0 Å². The summed E-state index contributed by atoms with van der Waals surface area (Å²) < 4.78 is 7.25. The van der Waals surface area contributed by atoms with Gasteiger partial charge in [-0.05, 0) is 20.8 Å². The monoisotopic (exact) mass is 239 g/mol. The van der Waals surface area contributed by atoms with E-state index in [1.165, 1.54) is 0 Å². The Morgan fingerprint density at radius 2 is 2.00 bits per heavy atom. The van der Waals surface area contributed by atoms with E-state index in [-0.39, 0.29) is 6.04 Å². The second kappa shape index (κ2) is 4.93. The third-order valence-corrected chi connectivity index (χ3v) is 2.90. The third kappa shape index (κ3) is 2.53. The molecule has 0 saturated carbocycles. The van der Waals surface area contributed by atoms with E-state index in [1.807, 2.05) is 11.6 Å². The Labute approximate surface area is 102 Å². The molecule has 1 aliphatic rings. The van der Waals surface area contributed by atoms with Gasteiger partial charge in [0.15, 0.2) is 5.82 Å². The molecule has 0 bridgehead atoms. The van der Waals surface area contributed by atoms with Gasteiger partial charge in [0.25, 0.3) is 0 Å². The Bertz CT molecular complexity index is 381. The molecule has 0 aromatic carbocycles. The Balaban J connectivity index is 2.18. The van der Waals surface area contributed by atoms with Gasteiger partial charge < -0.3 is 15.9 Å². The minimum atomic E-state index is 0.287. The van der Waals surface area contributed by atoms with Gasteiger partial charge in [-0.2, -0.15) is 5.10 Å². The summed E-state index contributed by atoms with van der Waals surface area (Å²) in [7, 11) is 0. The first-order chi connectivity index (χ1) is 8.09. The molecule has 0 aliphatic carbocycles. The molecule has 1 aliphatic heterocycles. The number of nitrogens with zero attached hydrogens (tertiary/aromatic N) is 3. The number of rotatable bonds is 3. The number of nitrogens with two attached hydrogens (primary N) is 1. The number of aromatic nitrogens is 2. The zero-order valence-electron chi connectivity index (χ0n) is 10.7. The van der Waals surface area contributed by atoms with Crippen LogP contribution >= 0.6 is 0 Å². The van der Waals surface area contributed by atoms with Crippen molar-refractivity contribution in [3.05, 3.63) is 5.69 Å². The van der Waals surface area contributed by atoms with Gasteiger partial charge in [-0.1, -0.05) is 0 Å². The fourth-order valence-corrected chi connectivity index (χ4v) is 1.87. The molecule has 0 unspecified atom stereocenters. The van der Waals surface area contributed by atoms with Crippen LogP contribution in [-0.4, -0.2) is 41.1 Å². The SMILES string of the molecule is Cc1nn(C(C)C)c(NN2CCOCC2)c1N. The predicted molar refractivity (Wildman–Crippen MR) is 67.8 cm³/mol. The molecule has 1 saturated heterocycles. The number of ether oxygens (including phenoxy) is 1. The van der Waals surface area contributed by atoms with E-state index in [0.29, 0.717) is 0 Å². The van der Waals surface area contributed by atoms with Crippen LogP contribution in [0.15, 0.2) is 0 Å². The summed E-state index contributed by atoms with van der Waals surface area (Å²) in [6.07, 6.45) is 0. The minimum Gasteiger partial charge on any atom is -0.394 e. The molecule has 0 radical (unpaired) electrons. The number of morpholine rings is 1. The van der Waals surface area contributed by atoms with Crippen LogP contribution in [0.5, 0.6) is 0 Å². The highest BCUT2D eigenvalue weighted by molar-refractivity contribution is 5.64. The standard InChI is InChI=1S/C11H21N5O/c1-8(2)16-11(10(12)9(3)13-16)14-15-4-6-17-7-5-15/h8,14H,4-7,12H2,1-3H3. The molecule has 6 nitrogen and oxygen atoms in total. The van der Waals surface area contributed by atoms with Crippen LogP contribution in [0.25, 0.3) is 0 Å². The fraction of sp³-hybridized carbons (Fsp3) is 0.727. The van der Waals surface area contributed by atoms with E-state index in [1.54, 1.807) is 0 Å². The predicted octanol–water partition coefficient (Wildman–Crippen LogP) is 1.01. The number of aryl methyl sites for hydroxylation is 1. The average molecular weight is 239 g/mol. The van der Waals surface area contributed by atoms with Crippen molar-refractivity contribution in [3.8, 4) is 0 Å². The van der Waals surface area contributed by atoms with Gasteiger partial charge >= 0.3 is 0 Å². The molecule has 2 rings (SSSR count). The molecule has 0 amide bonds. The first-order valence-electron chi connectivity index (χ1n) is 6.03. The molecule has 96 valence electrons. The summed E-state index contributed by atoms with van der Waals surface area (Å²) in [6, 6.07) is 0.287. The summed E-state index contributed by atoms with van der Waals surface area (Å²) in [5, 5.41) is 6.57. The highest BCUT2D eigenvalue weighted by Gasteiger charge is 2.18. The van der Waals surface area contributed by atoms with E-state index in [4.69, 9.17) is 10.5 Å². The number of anilines is 2. The summed E-state index contributed by atoms with van der Waals surface area (Å²) in [5.74, 6) is 0.888. The lowest BCUT2D eigenvalue weighted by atomic mass is 10.3. The number of hydrazine groups is 1. The maximum Gasteiger partial charge on any atom is 0.162 e. The van der Waals surface area contributed by atoms with Gasteiger partial charge in [0.1, 0.15) is 0 Å². The lowest BCUT2D eigenvalue weighted by molar-refractivity contribution is 0.0492. The Morgan fingerprint density at radius 1 is 1.35 bits per heavy atom. The summed E-state index contributed by atoms with van der Waals surface area (Å²) in [5.41, 5.74) is 11.0. The minimum absolute atomic E-state index is 0.287. The van der Waals surface area contributed by atoms with Crippen LogP contribution in [0.2, 0.25) is 0 Å². The van der Waals surface area contributed by atoms with Crippen molar-refractivity contribution in [2.45, 2.75) is 26.8 Å². The molecule has 0 atom stereocenters. The highest BCUT2D eigenvalue weighted by Crippen LogP contribution is 2.26. The topological polar surface area (TPSA) is 68.3 Å². The third-order valence-electron chi connectivity index (χ3n) is 2.90. The maximum absolute atomic E-state index is 6.05. The first-order valence-corrected chi connectivity index (χ1v) is 6.03. The average Bonchev–Trinajstić information content (AvgIpc) is 2.59. The second-order valence-corrected chi connectivity index (χ2v) is 4.60. The van der Waals surface area contributed by atoms with Crippen LogP contribution in [0.1, 0.15) is 25.6 Å². The molecular formula is C11H21N5O. The van der Waals surface area contributed by atoms with Crippen molar-refractivity contribution in [1.29, 1.82) is 0 Å². The van der Waals surface area contributed by atoms with Gasteiger partial charge in [0.05, 0.1) is 24.6 Å². The molecule has 1 aromatic heterocycles. The molecule has 1 fully saturated rings. The van der Waals surface area contributed by atoms with Crippen molar-refractivity contribution >= 4 is 11.5 Å². The number of nitrogens with one attached hydrogen (secondary N) is 1. The van der Waals surface area contributed by atoms with Crippen molar-refractivity contribution in [1.82, 2.24) is 14.8 Å². The first kappa shape index (κ1) is 12.2. The lowest BCUT2D eigenvalue weighted by Gasteiger charge is -2.28. The zero-order chi connectivity index (χ0) is 12.4. The van der Waals surface area contributed by atoms with Crippen molar-refractivity contribution in [2.75, 3.05) is 37.5 Å². The molecule has 6 heteroatoms. The van der Waals surface area contributed by atoms with Gasteiger partial charge in [0.2, 0.25) is 0 Å². The van der Waals surface area contributed by atoms with E-state index in [0.717, 1.165) is 43.5 Å². The van der Waals surface area contributed by atoms with Crippen LogP contribution < -0.4 is 11.2 Å². The summed E-state index contributed by atoms with van der Waals surface area (Å²) in [4.78, 5) is 0. The smallest absolute Gasteiger partial charge is 0.162 e. The van der Waals surface area contributed by atoms with Crippen LogP contribution in [0.3, 0.4) is 0 Å². The molecular weight excluding hydrogens is 218 g/mol. The number of hydrogen-bond acceptors (Lipinski definition) is 5. The normalized spacial score (nSPS) is 17.6. The Kier molecular flexibility index (Phi) is 3.54. The van der Waals surface area contributed by atoms with Gasteiger partial charge in [0, 0.05) is 19.1 Å². The van der Waals surface area contributed by atoms with E-state index in [9.17, 15) is 0 Å². The van der Waals surface area contributed by atoms with Crippen molar-refractivity contribution < 1.29 is 4.74 Å².